The van der Waals surface area contributed by atoms with Crippen molar-refractivity contribution in [2.24, 2.45) is 11.8 Å². The van der Waals surface area contributed by atoms with Gasteiger partial charge in [-0.05, 0) is 37.8 Å². The Morgan fingerprint density at radius 1 is 1.17 bits per heavy atom. The number of allylic oxidation sites excluding steroid dienone is 1. The summed E-state index contributed by atoms with van der Waals surface area (Å²) in [6.45, 7) is 6.08. The number of Topliss-reactive ketones (excluding diaryl/α,β-unsaturated/α-hetero) is 1. The van der Waals surface area contributed by atoms with Crippen LogP contribution in [0.5, 0.6) is 0 Å². The standard InChI is InChI=1S/C17H21NO3S2/c1-10-5-7-13(8-6-10)23(20,21)18-9-14-15(12(18)3)11(2)16(19)17(14)22-4/h5-8,11-12,15H,9H2,1-4H3/t11-,12-,15-/m0/s1. The average Bonchev–Trinajstić information content (AvgIpc) is 2.96. The molecule has 1 aliphatic heterocycles. The smallest absolute Gasteiger partial charge is 0.243 e. The zero-order valence-corrected chi connectivity index (χ0v) is 15.4. The largest absolute Gasteiger partial charge is 0.293 e. The first-order valence-electron chi connectivity index (χ1n) is 7.68. The second kappa shape index (κ2) is 5.76. The minimum absolute atomic E-state index is 0.00479. The predicted molar refractivity (Wildman–Crippen MR) is 92.7 cm³/mol. The third kappa shape index (κ3) is 2.47. The van der Waals surface area contributed by atoms with Crippen LogP contribution >= 0.6 is 11.8 Å². The molecule has 0 N–H and O–H groups in total. The summed E-state index contributed by atoms with van der Waals surface area (Å²) in [7, 11) is -3.54. The molecule has 0 unspecified atom stereocenters. The molecule has 0 aromatic heterocycles. The lowest BCUT2D eigenvalue weighted by Crippen LogP contribution is -2.38. The highest BCUT2D eigenvalue weighted by molar-refractivity contribution is 8.03. The summed E-state index contributed by atoms with van der Waals surface area (Å²) in [5.41, 5.74) is 2.03. The maximum Gasteiger partial charge on any atom is 0.243 e. The number of hydrogen-bond donors (Lipinski definition) is 0. The number of sulfonamides is 1. The van der Waals surface area contributed by atoms with Gasteiger partial charge in [-0.15, -0.1) is 11.8 Å². The fourth-order valence-corrected chi connectivity index (χ4v) is 6.22. The van der Waals surface area contributed by atoms with Crippen molar-refractivity contribution in [3.8, 4) is 0 Å². The van der Waals surface area contributed by atoms with Crippen molar-refractivity contribution in [2.75, 3.05) is 12.8 Å². The van der Waals surface area contributed by atoms with E-state index in [2.05, 4.69) is 0 Å². The zero-order chi connectivity index (χ0) is 16.9. The number of benzene rings is 1. The maximum absolute atomic E-state index is 13.0. The third-order valence-electron chi connectivity index (χ3n) is 5.00. The molecule has 4 nitrogen and oxygen atoms in total. The number of hydrogen-bond acceptors (Lipinski definition) is 4. The van der Waals surface area contributed by atoms with E-state index >= 15 is 0 Å². The number of carbonyl (C=O) groups excluding carboxylic acids is 1. The van der Waals surface area contributed by atoms with E-state index in [1.54, 1.807) is 16.4 Å². The van der Waals surface area contributed by atoms with Gasteiger partial charge in [-0.3, -0.25) is 4.79 Å². The molecule has 0 spiro atoms. The third-order valence-corrected chi connectivity index (χ3v) is 7.82. The molecule has 0 amide bonds. The van der Waals surface area contributed by atoms with Crippen LogP contribution in [-0.4, -0.2) is 37.3 Å². The van der Waals surface area contributed by atoms with Crippen molar-refractivity contribution in [3.63, 3.8) is 0 Å². The molecule has 3 atom stereocenters. The van der Waals surface area contributed by atoms with Crippen molar-refractivity contribution < 1.29 is 13.2 Å². The first kappa shape index (κ1) is 16.7. The monoisotopic (exact) mass is 351 g/mol. The Balaban J connectivity index is 2.01. The van der Waals surface area contributed by atoms with Gasteiger partial charge in [-0.1, -0.05) is 24.6 Å². The lowest BCUT2D eigenvalue weighted by atomic mass is 9.89. The molecule has 23 heavy (non-hydrogen) atoms. The summed E-state index contributed by atoms with van der Waals surface area (Å²) in [6.07, 6.45) is 1.89. The molecule has 0 saturated carbocycles. The fraction of sp³-hybridized carbons (Fsp3) is 0.471. The Labute approximate surface area is 142 Å². The molecule has 1 aliphatic carbocycles. The molecule has 0 bridgehead atoms. The summed E-state index contributed by atoms with van der Waals surface area (Å²) in [4.78, 5) is 13.4. The Kier molecular flexibility index (Phi) is 4.19. The van der Waals surface area contributed by atoms with Gasteiger partial charge in [0.15, 0.2) is 5.78 Å². The van der Waals surface area contributed by atoms with E-state index in [-0.39, 0.29) is 23.7 Å². The molecule has 0 radical (unpaired) electrons. The topological polar surface area (TPSA) is 54.5 Å². The van der Waals surface area contributed by atoms with Crippen LogP contribution in [0.2, 0.25) is 0 Å². The van der Waals surface area contributed by atoms with Crippen LogP contribution in [0.15, 0.2) is 39.6 Å². The summed E-state index contributed by atoms with van der Waals surface area (Å²) in [6, 6.07) is 6.74. The van der Waals surface area contributed by atoms with Gasteiger partial charge in [-0.25, -0.2) is 8.42 Å². The molecule has 1 aromatic carbocycles. The summed E-state index contributed by atoms with van der Waals surface area (Å²) in [5.74, 6) is 0.0302. The molecule has 1 aromatic rings. The number of fused-ring (bicyclic) bond motifs is 1. The van der Waals surface area contributed by atoms with Crippen LogP contribution in [0.4, 0.5) is 0 Å². The average molecular weight is 351 g/mol. The second-order valence-electron chi connectivity index (χ2n) is 6.34. The summed E-state index contributed by atoms with van der Waals surface area (Å²) < 4.78 is 27.5. The summed E-state index contributed by atoms with van der Waals surface area (Å²) in [5, 5.41) is 0. The number of thioether (sulfide) groups is 1. The summed E-state index contributed by atoms with van der Waals surface area (Å²) >= 11 is 1.44. The molecule has 3 rings (SSSR count). The highest BCUT2D eigenvalue weighted by Gasteiger charge is 2.51. The van der Waals surface area contributed by atoms with Crippen molar-refractivity contribution in [1.82, 2.24) is 4.31 Å². The van der Waals surface area contributed by atoms with E-state index in [4.69, 9.17) is 0 Å². The Morgan fingerprint density at radius 2 is 1.78 bits per heavy atom. The van der Waals surface area contributed by atoms with Gasteiger partial charge in [0.05, 0.1) is 9.80 Å². The van der Waals surface area contributed by atoms with E-state index in [1.165, 1.54) is 11.8 Å². The molecule has 6 heteroatoms. The Bertz CT molecular complexity index is 781. The lowest BCUT2D eigenvalue weighted by Gasteiger charge is -2.25. The van der Waals surface area contributed by atoms with Gasteiger partial charge in [0, 0.05) is 24.4 Å². The van der Waals surface area contributed by atoms with Gasteiger partial charge < -0.3 is 0 Å². The van der Waals surface area contributed by atoms with Crippen LogP contribution in [0, 0.1) is 18.8 Å². The van der Waals surface area contributed by atoms with Crippen LogP contribution in [0.1, 0.15) is 19.4 Å². The number of nitrogens with zero attached hydrogens (tertiary/aromatic N) is 1. The molecular weight excluding hydrogens is 330 g/mol. The quantitative estimate of drug-likeness (QED) is 0.840. The van der Waals surface area contributed by atoms with Gasteiger partial charge in [-0.2, -0.15) is 4.31 Å². The van der Waals surface area contributed by atoms with Crippen molar-refractivity contribution >= 4 is 27.6 Å². The van der Waals surface area contributed by atoms with Crippen molar-refractivity contribution in [2.45, 2.75) is 31.7 Å². The number of aryl methyl sites for hydroxylation is 1. The normalized spacial score (nSPS) is 28.5. The molecule has 2 aliphatic rings. The van der Waals surface area contributed by atoms with Gasteiger partial charge >= 0.3 is 0 Å². The van der Waals surface area contributed by atoms with Crippen LogP contribution in [0.3, 0.4) is 0 Å². The van der Waals surface area contributed by atoms with Gasteiger partial charge in [0.25, 0.3) is 0 Å². The van der Waals surface area contributed by atoms with Crippen molar-refractivity contribution in [3.05, 3.63) is 40.3 Å². The molecular formula is C17H21NO3S2. The van der Waals surface area contributed by atoms with E-state index in [1.807, 2.05) is 39.2 Å². The first-order chi connectivity index (χ1) is 10.8. The van der Waals surface area contributed by atoms with Crippen molar-refractivity contribution in [1.29, 1.82) is 0 Å². The highest BCUT2D eigenvalue weighted by atomic mass is 32.2. The van der Waals surface area contributed by atoms with E-state index in [0.717, 1.165) is 16.0 Å². The van der Waals surface area contributed by atoms with Gasteiger partial charge in [0.1, 0.15) is 0 Å². The van der Waals surface area contributed by atoms with Crippen LogP contribution in [-0.2, 0) is 14.8 Å². The molecule has 124 valence electrons. The zero-order valence-electron chi connectivity index (χ0n) is 13.7. The Morgan fingerprint density at radius 3 is 2.35 bits per heavy atom. The number of rotatable bonds is 3. The number of ketones is 1. The lowest BCUT2D eigenvalue weighted by molar-refractivity contribution is -0.118. The molecule has 1 heterocycles. The van der Waals surface area contributed by atoms with E-state index in [0.29, 0.717) is 11.4 Å². The second-order valence-corrected chi connectivity index (χ2v) is 9.05. The minimum atomic E-state index is -3.54. The van der Waals surface area contributed by atoms with Gasteiger partial charge in [0.2, 0.25) is 10.0 Å². The highest BCUT2D eigenvalue weighted by Crippen LogP contribution is 2.47. The first-order valence-corrected chi connectivity index (χ1v) is 10.3. The Hall–Kier alpha value is -1.11. The molecule has 1 saturated heterocycles. The van der Waals surface area contributed by atoms with E-state index in [9.17, 15) is 13.2 Å². The fourth-order valence-electron chi connectivity index (χ4n) is 3.74. The predicted octanol–water partition coefficient (Wildman–Crippen LogP) is 2.84. The van der Waals surface area contributed by atoms with Crippen LogP contribution < -0.4 is 0 Å². The SMILES string of the molecule is CSC1=C2CN(S(=O)(=O)c3ccc(C)cc3)[C@@H](C)[C@@H]2[C@H](C)C1=O. The minimum Gasteiger partial charge on any atom is -0.293 e. The van der Waals surface area contributed by atoms with Crippen LogP contribution in [0.25, 0.3) is 0 Å². The van der Waals surface area contributed by atoms with E-state index < -0.39 is 10.0 Å². The molecule has 1 fully saturated rings. The number of carbonyl (C=O) groups is 1. The maximum atomic E-state index is 13.0.